The summed E-state index contributed by atoms with van der Waals surface area (Å²) in [7, 11) is 0. The highest BCUT2D eigenvalue weighted by atomic mass is 14.9. The molecule has 0 unspecified atom stereocenters. The van der Waals surface area contributed by atoms with Crippen molar-refractivity contribution in [2.75, 3.05) is 0 Å². The average Bonchev–Trinajstić information content (AvgIpc) is 2.98. The van der Waals surface area contributed by atoms with Gasteiger partial charge < -0.3 is 0 Å². The van der Waals surface area contributed by atoms with E-state index in [1.807, 2.05) is 12.1 Å². The van der Waals surface area contributed by atoms with Crippen molar-refractivity contribution in [1.29, 1.82) is 0 Å². The molecule has 0 saturated carbocycles. The summed E-state index contributed by atoms with van der Waals surface area (Å²) in [6, 6.07) is 48.5. The summed E-state index contributed by atoms with van der Waals surface area (Å²) in [6.07, 6.45) is 0. The summed E-state index contributed by atoms with van der Waals surface area (Å²) < 4.78 is 0. The smallest absolute Gasteiger partial charge is 0.160 e. The molecule has 0 bridgehead atoms. The lowest BCUT2D eigenvalue weighted by molar-refractivity contribution is 1.18. The molecule has 0 atom stereocenters. The molecule has 5 aromatic carbocycles. The lowest BCUT2D eigenvalue weighted by Gasteiger charge is -2.12. The molecule has 1 aromatic heterocycles. The topological polar surface area (TPSA) is 25.8 Å². The number of hydrogen-bond donors (Lipinski definition) is 0. The van der Waals surface area contributed by atoms with E-state index < -0.39 is 0 Å². The minimum absolute atomic E-state index is 0.719. The van der Waals surface area contributed by atoms with E-state index in [0.717, 1.165) is 39.5 Å². The van der Waals surface area contributed by atoms with Crippen LogP contribution in [0.15, 0.2) is 140 Å². The van der Waals surface area contributed by atoms with Crippen LogP contribution < -0.4 is 0 Å². The lowest BCUT2D eigenvalue weighted by Crippen LogP contribution is -1.96. The number of aromatic nitrogens is 2. The van der Waals surface area contributed by atoms with Crippen LogP contribution in [0.5, 0.6) is 0 Å². The number of aryl methyl sites for hydroxylation is 1. The third-order valence-corrected chi connectivity index (χ3v) is 6.53. The monoisotopic (exact) mass is 474 g/mol. The predicted molar refractivity (Wildman–Crippen MR) is 154 cm³/mol. The van der Waals surface area contributed by atoms with Gasteiger partial charge in [0.05, 0.1) is 11.4 Å². The van der Waals surface area contributed by atoms with E-state index >= 15 is 0 Å². The van der Waals surface area contributed by atoms with Crippen LogP contribution in [0.4, 0.5) is 0 Å². The fourth-order valence-electron chi connectivity index (χ4n) is 4.63. The molecule has 37 heavy (non-hydrogen) atoms. The Morgan fingerprint density at radius 3 is 1.35 bits per heavy atom. The van der Waals surface area contributed by atoms with E-state index in [9.17, 15) is 0 Å². The Kier molecular flexibility index (Phi) is 6.14. The standard InChI is InChI=1S/C35H26N2/c1-25-11-8-18-30(21-25)33-24-34(31-19-9-16-28(22-31)26-12-4-2-5-13-26)37-35(36-33)32-20-10-17-29(23-32)27-14-6-3-7-15-27/h2-24H,1H3. The largest absolute Gasteiger partial charge is 0.228 e. The van der Waals surface area contributed by atoms with Crippen LogP contribution >= 0.6 is 0 Å². The number of benzene rings is 5. The van der Waals surface area contributed by atoms with Gasteiger partial charge in [-0.1, -0.05) is 121 Å². The minimum Gasteiger partial charge on any atom is -0.228 e. The van der Waals surface area contributed by atoms with E-state index in [-0.39, 0.29) is 0 Å². The van der Waals surface area contributed by atoms with E-state index in [1.165, 1.54) is 22.3 Å². The number of nitrogens with zero attached hydrogens (tertiary/aromatic N) is 2. The molecule has 176 valence electrons. The van der Waals surface area contributed by atoms with Crippen LogP contribution in [0.1, 0.15) is 5.56 Å². The highest BCUT2D eigenvalue weighted by molar-refractivity contribution is 5.77. The molecule has 1 heterocycles. The van der Waals surface area contributed by atoms with Crippen molar-refractivity contribution in [3.05, 3.63) is 145 Å². The van der Waals surface area contributed by atoms with Gasteiger partial charge in [0.1, 0.15) is 0 Å². The summed E-state index contributed by atoms with van der Waals surface area (Å²) >= 11 is 0. The Balaban J connectivity index is 1.51. The molecule has 0 aliphatic carbocycles. The van der Waals surface area contributed by atoms with Gasteiger partial charge in [0.2, 0.25) is 0 Å². The number of rotatable bonds is 5. The zero-order chi connectivity index (χ0) is 25.0. The minimum atomic E-state index is 0.719. The van der Waals surface area contributed by atoms with Crippen molar-refractivity contribution in [1.82, 2.24) is 9.97 Å². The van der Waals surface area contributed by atoms with Gasteiger partial charge in [-0.3, -0.25) is 0 Å². The van der Waals surface area contributed by atoms with E-state index in [1.54, 1.807) is 0 Å². The molecule has 0 aliphatic rings. The van der Waals surface area contributed by atoms with Crippen LogP contribution in [0.2, 0.25) is 0 Å². The van der Waals surface area contributed by atoms with Gasteiger partial charge >= 0.3 is 0 Å². The van der Waals surface area contributed by atoms with Crippen molar-refractivity contribution in [2.45, 2.75) is 6.92 Å². The maximum atomic E-state index is 5.08. The van der Waals surface area contributed by atoms with Crippen molar-refractivity contribution in [3.8, 4) is 56.2 Å². The van der Waals surface area contributed by atoms with Crippen LogP contribution in [-0.4, -0.2) is 9.97 Å². The Bertz CT molecular complexity index is 1570. The molecule has 0 radical (unpaired) electrons. The van der Waals surface area contributed by atoms with E-state index in [4.69, 9.17) is 9.97 Å². The van der Waals surface area contributed by atoms with Crippen molar-refractivity contribution in [3.63, 3.8) is 0 Å². The Morgan fingerprint density at radius 1 is 0.351 bits per heavy atom. The SMILES string of the molecule is Cc1cccc(-c2cc(-c3cccc(-c4ccccc4)c3)nc(-c3cccc(-c4ccccc4)c3)n2)c1. The molecular formula is C35H26N2. The molecule has 0 saturated heterocycles. The maximum absolute atomic E-state index is 5.08. The predicted octanol–water partition coefficient (Wildman–Crippen LogP) is 9.12. The van der Waals surface area contributed by atoms with Crippen LogP contribution in [-0.2, 0) is 0 Å². The van der Waals surface area contributed by atoms with E-state index in [2.05, 4.69) is 134 Å². The first-order valence-electron chi connectivity index (χ1n) is 12.5. The summed E-state index contributed by atoms with van der Waals surface area (Å²) in [4.78, 5) is 10.1. The molecule has 0 N–H and O–H groups in total. The van der Waals surface area contributed by atoms with Gasteiger partial charge in [0, 0.05) is 16.7 Å². The first-order valence-corrected chi connectivity index (χ1v) is 12.5. The first-order chi connectivity index (χ1) is 18.2. The highest BCUT2D eigenvalue weighted by Gasteiger charge is 2.12. The second-order valence-corrected chi connectivity index (χ2v) is 9.23. The van der Waals surface area contributed by atoms with Crippen molar-refractivity contribution >= 4 is 0 Å². The summed E-state index contributed by atoms with van der Waals surface area (Å²) in [5.41, 5.74) is 10.9. The van der Waals surface area contributed by atoms with Crippen LogP contribution in [0, 0.1) is 6.92 Å². The van der Waals surface area contributed by atoms with Crippen molar-refractivity contribution < 1.29 is 0 Å². The fraction of sp³-hybridized carbons (Fsp3) is 0.0286. The third kappa shape index (κ3) is 4.96. The van der Waals surface area contributed by atoms with Crippen LogP contribution in [0.25, 0.3) is 56.2 Å². The summed E-state index contributed by atoms with van der Waals surface area (Å²) in [6.45, 7) is 2.11. The fourth-order valence-corrected chi connectivity index (χ4v) is 4.63. The summed E-state index contributed by atoms with van der Waals surface area (Å²) in [5.74, 6) is 0.719. The van der Waals surface area contributed by atoms with Gasteiger partial charge in [-0.2, -0.15) is 0 Å². The van der Waals surface area contributed by atoms with Gasteiger partial charge in [-0.05, 0) is 53.4 Å². The molecule has 0 aliphatic heterocycles. The van der Waals surface area contributed by atoms with Gasteiger partial charge in [-0.25, -0.2) is 9.97 Å². The molecule has 6 rings (SSSR count). The van der Waals surface area contributed by atoms with Crippen molar-refractivity contribution in [2.24, 2.45) is 0 Å². The number of hydrogen-bond acceptors (Lipinski definition) is 2. The second-order valence-electron chi connectivity index (χ2n) is 9.23. The highest BCUT2D eigenvalue weighted by Crippen LogP contribution is 2.31. The maximum Gasteiger partial charge on any atom is 0.160 e. The Labute approximate surface area is 218 Å². The zero-order valence-corrected chi connectivity index (χ0v) is 20.7. The normalized spacial score (nSPS) is 10.8. The third-order valence-electron chi connectivity index (χ3n) is 6.53. The average molecular weight is 475 g/mol. The second kappa shape index (κ2) is 10.0. The molecule has 2 heteroatoms. The zero-order valence-electron chi connectivity index (χ0n) is 20.7. The summed E-state index contributed by atoms with van der Waals surface area (Å²) in [5, 5.41) is 0. The Morgan fingerprint density at radius 2 is 0.784 bits per heavy atom. The molecular weight excluding hydrogens is 448 g/mol. The molecule has 0 spiro atoms. The molecule has 0 amide bonds. The first kappa shape index (κ1) is 22.6. The van der Waals surface area contributed by atoms with Crippen LogP contribution in [0.3, 0.4) is 0 Å². The quantitative estimate of drug-likeness (QED) is 0.249. The lowest BCUT2D eigenvalue weighted by atomic mass is 10.00. The molecule has 0 fully saturated rings. The van der Waals surface area contributed by atoms with Gasteiger partial charge in [0.25, 0.3) is 0 Å². The Hall–Kier alpha value is -4.82. The molecule has 2 nitrogen and oxygen atoms in total. The van der Waals surface area contributed by atoms with Gasteiger partial charge in [0.15, 0.2) is 5.82 Å². The van der Waals surface area contributed by atoms with Gasteiger partial charge in [-0.15, -0.1) is 0 Å². The van der Waals surface area contributed by atoms with E-state index in [0.29, 0.717) is 0 Å². The molecule has 6 aromatic rings.